The molecule has 4 aliphatic carbocycles. The lowest BCUT2D eigenvalue weighted by atomic mass is 9.40. The largest absolute Gasteiger partial charge is 0.390 e. The lowest BCUT2D eigenvalue weighted by Gasteiger charge is -2.66. The second kappa shape index (κ2) is 3.72. The van der Waals surface area contributed by atoms with E-state index in [0.717, 1.165) is 19.3 Å². The number of aliphatic hydroxyl groups is 1. The molecule has 0 saturated heterocycles. The van der Waals surface area contributed by atoms with Crippen LogP contribution < -0.4 is 0 Å². The van der Waals surface area contributed by atoms with E-state index in [9.17, 15) is 9.90 Å². The summed E-state index contributed by atoms with van der Waals surface area (Å²) in [5, 5.41) is 10.7. The van der Waals surface area contributed by atoms with Crippen LogP contribution in [-0.2, 0) is 4.79 Å². The van der Waals surface area contributed by atoms with E-state index in [1.807, 2.05) is 6.92 Å². The van der Waals surface area contributed by atoms with Gasteiger partial charge in [-0.3, -0.25) is 4.79 Å². The molecule has 1 N–H and O–H groups in total. The van der Waals surface area contributed by atoms with E-state index in [1.54, 1.807) is 0 Å². The van der Waals surface area contributed by atoms with Gasteiger partial charge in [-0.15, -0.1) is 0 Å². The van der Waals surface area contributed by atoms with Crippen LogP contribution in [0.4, 0.5) is 0 Å². The van der Waals surface area contributed by atoms with Crippen molar-refractivity contribution in [1.29, 1.82) is 0 Å². The molecule has 4 rings (SSSR count). The van der Waals surface area contributed by atoms with Crippen molar-refractivity contribution in [2.45, 2.75) is 64.9 Å². The molecule has 0 radical (unpaired) electrons. The van der Waals surface area contributed by atoms with Gasteiger partial charge in [-0.25, -0.2) is 0 Å². The fraction of sp³-hybridized carbons (Fsp3) is 0.824. The van der Waals surface area contributed by atoms with Crippen LogP contribution in [0.2, 0.25) is 0 Å². The molecule has 4 saturated carbocycles. The monoisotopic (exact) mass is 262 g/mol. The Morgan fingerprint density at radius 1 is 1.21 bits per heavy atom. The molecule has 0 heterocycles. The van der Waals surface area contributed by atoms with Gasteiger partial charge in [0.05, 0.1) is 5.60 Å². The summed E-state index contributed by atoms with van der Waals surface area (Å²) in [6.07, 6.45) is 5.77. The number of allylic oxidation sites excluding steroid dienone is 1. The molecule has 2 nitrogen and oxygen atoms in total. The van der Waals surface area contributed by atoms with Crippen LogP contribution in [-0.4, -0.2) is 16.5 Å². The number of ketones is 1. The molecule has 0 aromatic carbocycles. The van der Waals surface area contributed by atoms with E-state index in [0.29, 0.717) is 29.2 Å². The molecule has 0 aromatic rings. The van der Waals surface area contributed by atoms with Crippen LogP contribution in [0.15, 0.2) is 12.2 Å². The summed E-state index contributed by atoms with van der Waals surface area (Å²) < 4.78 is 0. The summed E-state index contributed by atoms with van der Waals surface area (Å²) in [6, 6.07) is 0. The zero-order valence-electron chi connectivity index (χ0n) is 12.5. The van der Waals surface area contributed by atoms with Crippen LogP contribution in [0.25, 0.3) is 0 Å². The lowest BCUT2D eigenvalue weighted by Crippen LogP contribution is -2.62. The van der Waals surface area contributed by atoms with Crippen LogP contribution in [0.1, 0.15) is 59.3 Å². The molecule has 106 valence electrons. The smallest absolute Gasteiger partial charge is 0.158 e. The predicted molar refractivity (Wildman–Crippen MR) is 75.7 cm³/mol. The highest BCUT2D eigenvalue weighted by Gasteiger charge is 2.63. The van der Waals surface area contributed by atoms with Crippen molar-refractivity contribution >= 4 is 5.78 Å². The van der Waals surface area contributed by atoms with Crippen LogP contribution in [0.5, 0.6) is 0 Å². The normalized spacial score (nSPS) is 51.4. The van der Waals surface area contributed by atoms with Crippen LogP contribution in [0, 0.1) is 22.7 Å². The first kappa shape index (κ1) is 13.4. The number of hydrogen-bond acceptors (Lipinski definition) is 2. The van der Waals surface area contributed by atoms with E-state index in [1.165, 1.54) is 12.8 Å². The molecule has 0 spiro atoms. The molecular formula is C17H26O2. The molecule has 2 unspecified atom stereocenters. The summed E-state index contributed by atoms with van der Waals surface area (Å²) in [4.78, 5) is 12.1. The maximum atomic E-state index is 12.1. The minimum absolute atomic E-state index is 0.0855. The third kappa shape index (κ3) is 1.91. The van der Waals surface area contributed by atoms with Crippen molar-refractivity contribution in [3.05, 3.63) is 12.2 Å². The first-order chi connectivity index (χ1) is 8.66. The lowest BCUT2D eigenvalue weighted by molar-refractivity contribution is -0.215. The van der Waals surface area contributed by atoms with E-state index < -0.39 is 5.60 Å². The van der Waals surface area contributed by atoms with Crippen molar-refractivity contribution in [3.63, 3.8) is 0 Å². The standard InChI is InChI=1S/C17H26O2/c1-11(2)14(18)9-16(4)12-5-15(3)6-13(16)8-17(19,7-12)10-15/h12-13,19H,1,5-10H2,2-4H3. The molecule has 4 aliphatic rings. The molecule has 2 heteroatoms. The Morgan fingerprint density at radius 2 is 1.74 bits per heavy atom. The minimum atomic E-state index is -0.438. The van der Waals surface area contributed by atoms with Gasteiger partial charge >= 0.3 is 0 Å². The van der Waals surface area contributed by atoms with Gasteiger partial charge in [0, 0.05) is 6.42 Å². The van der Waals surface area contributed by atoms with Crippen molar-refractivity contribution in [1.82, 2.24) is 0 Å². The maximum absolute atomic E-state index is 12.1. The molecule has 0 amide bonds. The Balaban J connectivity index is 1.90. The summed E-state index contributed by atoms with van der Waals surface area (Å²) in [5.41, 5.74) is 0.640. The molecule has 2 atom stereocenters. The van der Waals surface area contributed by atoms with E-state index in [2.05, 4.69) is 20.4 Å². The average molecular weight is 262 g/mol. The highest BCUT2D eigenvalue weighted by molar-refractivity contribution is 5.94. The Morgan fingerprint density at radius 3 is 2.16 bits per heavy atom. The fourth-order valence-electron chi connectivity index (χ4n) is 5.55. The predicted octanol–water partition coefficient (Wildman–Crippen LogP) is 3.49. The Labute approximate surface area is 116 Å². The number of hydrogen-bond donors (Lipinski definition) is 1. The highest BCUT2D eigenvalue weighted by Crippen LogP contribution is 2.68. The van der Waals surface area contributed by atoms with Crippen molar-refractivity contribution < 1.29 is 9.90 Å². The van der Waals surface area contributed by atoms with Crippen LogP contribution >= 0.6 is 0 Å². The van der Waals surface area contributed by atoms with Crippen LogP contribution in [0.3, 0.4) is 0 Å². The number of carbonyl (C=O) groups is 1. The van der Waals surface area contributed by atoms with E-state index >= 15 is 0 Å². The molecular weight excluding hydrogens is 236 g/mol. The fourth-order valence-corrected chi connectivity index (χ4v) is 5.55. The van der Waals surface area contributed by atoms with Gasteiger partial charge in [0.1, 0.15) is 0 Å². The van der Waals surface area contributed by atoms with Crippen molar-refractivity contribution in [2.24, 2.45) is 22.7 Å². The Bertz CT molecular complexity index is 412. The van der Waals surface area contributed by atoms with Gasteiger partial charge in [0.25, 0.3) is 0 Å². The summed E-state index contributed by atoms with van der Waals surface area (Å²) in [7, 11) is 0. The first-order valence-corrected chi connectivity index (χ1v) is 7.57. The highest BCUT2D eigenvalue weighted by atomic mass is 16.3. The van der Waals surface area contributed by atoms with E-state index in [-0.39, 0.29) is 11.2 Å². The Hall–Kier alpha value is -0.630. The first-order valence-electron chi connectivity index (χ1n) is 7.57. The quantitative estimate of drug-likeness (QED) is 0.791. The SMILES string of the molecule is C=C(C)C(=O)CC1(C)C2CC3(C)CC1CC(O)(C2)C3. The van der Waals surface area contributed by atoms with Gasteiger partial charge in [0.15, 0.2) is 5.78 Å². The molecule has 0 aromatic heterocycles. The second-order valence-corrected chi connectivity index (χ2v) is 8.31. The summed E-state index contributed by atoms with van der Waals surface area (Å²) in [6.45, 7) is 10.2. The Kier molecular flexibility index (Phi) is 2.62. The minimum Gasteiger partial charge on any atom is -0.390 e. The van der Waals surface area contributed by atoms with Gasteiger partial charge < -0.3 is 5.11 Å². The van der Waals surface area contributed by atoms with Gasteiger partial charge in [0.2, 0.25) is 0 Å². The van der Waals surface area contributed by atoms with Gasteiger partial charge in [-0.2, -0.15) is 0 Å². The number of Topliss-reactive ketones (excluding diaryl/α,β-unsaturated/α-hetero) is 1. The third-order valence-electron chi connectivity index (χ3n) is 6.37. The molecule has 4 bridgehead atoms. The maximum Gasteiger partial charge on any atom is 0.158 e. The second-order valence-electron chi connectivity index (χ2n) is 8.31. The molecule has 19 heavy (non-hydrogen) atoms. The summed E-state index contributed by atoms with van der Waals surface area (Å²) >= 11 is 0. The molecule has 0 aliphatic heterocycles. The zero-order valence-corrected chi connectivity index (χ0v) is 12.5. The van der Waals surface area contributed by atoms with E-state index in [4.69, 9.17) is 0 Å². The topological polar surface area (TPSA) is 37.3 Å². The van der Waals surface area contributed by atoms with Crippen molar-refractivity contribution in [2.75, 3.05) is 0 Å². The van der Waals surface area contributed by atoms with Gasteiger partial charge in [-0.05, 0) is 67.3 Å². The third-order valence-corrected chi connectivity index (χ3v) is 6.37. The number of carbonyl (C=O) groups excluding carboxylic acids is 1. The van der Waals surface area contributed by atoms with Gasteiger partial charge in [-0.1, -0.05) is 20.4 Å². The summed E-state index contributed by atoms with van der Waals surface area (Å²) in [5.74, 6) is 1.23. The number of rotatable bonds is 3. The molecule has 4 fully saturated rings. The van der Waals surface area contributed by atoms with Crippen molar-refractivity contribution in [3.8, 4) is 0 Å². The average Bonchev–Trinajstić information content (AvgIpc) is 2.22. The zero-order chi connectivity index (χ0) is 14.1.